The van der Waals surface area contributed by atoms with Crippen molar-refractivity contribution in [3.8, 4) is 11.1 Å². The van der Waals surface area contributed by atoms with E-state index in [0.29, 0.717) is 28.6 Å². The number of nitrogens with zero attached hydrogens (tertiary/aromatic N) is 3. The second-order valence-corrected chi connectivity index (χ2v) is 7.30. The van der Waals surface area contributed by atoms with E-state index < -0.39 is 0 Å². The molecule has 6 heteroatoms. The maximum Gasteiger partial charge on any atom is 0.154 e. The SMILES string of the molecule is Nc1cc(Cc2cccc(-c3ccccc3)c2)c(/N=N/c2ccc(Cl)cc2)c(N)n1. The van der Waals surface area contributed by atoms with Crippen LogP contribution in [0.4, 0.5) is 23.0 Å². The molecule has 0 saturated carbocycles. The molecule has 0 radical (unpaired) electrons. The average molecular weight is 414 g/mol. The van der Waals surface area contributed by atoms with Crippen LogP contribution in [0, 0.1) is 0 Å². The van der Waals surface area contributed by atoms with Crippen molar-refractivity contribution >= 4 is 34.6 Å². The molecule has 0 aliphatic heterocycles. The van der Waals surface area contributed by atoms with Crippen LogP contribution < -0.4 is 11.5 Å². The number of anilines is 2. The van der Waals surface area contributed by atoms with Crippen LogP contribution in [0.3, 0.4) is 0 Å². The molecule has 0 spiro atoms. The van der Waals surface area contributed by atoms with E-state index >= 15 is 0 Å². The highest BCUT2D eigenvalue weighted by atomic mass is 35.5. The molecule has 1 aromatic heterocycles. The minimum Gasteiger partial charge on any atom is -0.384 e. The Morgan fingerprint density at radius 3 is 2.27 bits per heavy atom. The van der Waals surface area contributed by atoms with Crippen molar-refractivity contribution in [2.45, 2.75) is 6.42 Å². The quantitative estimate of drug-likeness (QED) is 0.362. The third kappa shape index (κ3) is 4.64. The summed E-state index contributed by atoms with van der Waals surface area (Å²) in [5.41, 5.74) is 17.5. The lowest BCUT2D eigenvalue weighted by atomic mass is 9.99. The zero-order chi connectivity index (χ0) is 20.9. The van der Waals surface area contributed by atoms with Crippen LogP contribution in [0.1, 0.15) is 11.1 Å². The molecule has 3 aromatic carbocycles. The average Bonchev–Trinajstić information content (AvgIpc) is 2.75. The van der Waals surface area contributed by atoms with Gasteiger partial charge in [-0.25, -0.2) is 4.98 Å². The molecule has 0 atom stereocenters. The van der Waals surface area contributed by atoms with Gasteiger partial charge >= 0.3 is 0 Å². The zero-order valence-electron chi connectivity index (χ0n) is 16.2. The third-order valence-electron chi connectivity index (χ3n) is 4.64. The molecule has 0 aliphatic rings. The summed E-state index contributed by atoms with van der Waals surface area (Å²) in [5.74, 6) is 0.606. The molecule has 4 aromatic rings. The summed E-state index contributed by atoms with van der Waals surface area (Å²) < 4.78 is 0. The summed E-state index contributed by atoms with van der Waals surface area (Å²) in [7, 11) is 0. The number of hydrogen-bond acceptors (Lipinski definition) is 5. The molecule has 5 nitrogen and oxygen atoms in total. The topological polar surface area (TPSA) is 89.6 Å². The van der Waals surface area contributed by atoms with Gasteiger partial charge in [0.1, 0.15) is 11.5 Å². The van der Waals surface area contributed by atoms with Crippen molar-refractivity contribution in [2.75, 3.05) is 11.5 Å². The van der Waals surface area contributed by atoms with E-state index in [9.17, 15) is 0 Å². The Morgan fingerprint density at radius 1 is 0.767 bits per heavy atom. The van der Waals surface area contributed by atoms with Crippen LogP contribution in [-0.4, -0.2) is 4.98 Å². The van der Waals surface area contributed by atoms with E-state index in [1.165, 1.54) is 0 Å². The van der Waals surface area contributed by atoms with Gasteiger partial charge in [0, 0.05) is 5.02 Å². The molecule has 1 heterocycles. The summed E-state index contributed by atoms with van der Waals surface area (Å²) in [5, 5.41) is 9.28. The minimum atomic E-state index is 0.252. The second kappa shape index (κ2) is 8.76. The van der Waals surface area contributed by atoms with Gasteiger partial charge in [0.05, 0.1) is 5.69 Å². The molecule has 0 fully saturated rings. The molecule has 0 unspecified atom stereocenters. The molecule has 30 heavy (non-hydrogen) atoms. The van der Waals surface area contributed by atoms with Crippen LogP contribution in [0.5, 0.6) is 0 Å². The van der Waals surface area contributed by atoms with Gasteiger partial charge in [-0.1, -0.05) is 66.2 Å². The van der Waals surface area contributed by atoms with Gasteiger partial charge in [-0.2, -0.15) is 5.11 Å². The highest BCUT2D eigenvalue weighted by Gasteiger charge is 2.11. The molecule has 0 aliphatic carbocycles. The van der Waals surface area contributed by atoms with Crippen LogP contribution in [0.25, 0.3) is 11.1 Å². The van der Waals surface area contributed by atoms with E-state index in [1.54, 1.807) is 30.3 Å². The van der Waals surface area contributed by atoms with Gasteiger partial charge in [-0.05, 0) is 59.0 Å². The number of pyridine rings is 1. The van der Waals surface area contributed by atoms with Gasteiger partial charge in [-0.15, -0.1) is 5.11 Å². The first-order chi connectivity index (χ1) is 14.6. The fourth-order valence-electron chi connectivity index (χ4n) is 3.21. The van der Waals surface area contributed by atoms with Crippen molar-refractivity contribution in [1.29, 1.82) is 0 Å². The van der Waals surface area contributed by atoms with Crippen molar-refractivity contribution < 1.29 is 0 Å². The van der Waals surface area contributed by atoms with Crippen molar-refractivity contribution in [1.82, 2.24) is 4.98 Å². The predicted molar refractivity (Wildman–Crippen MR) is 123 cm³/mol. The monoisotopic (exact) mass is 413 g/mol. The highest BCUT2D eigenvalue weighted by molar-refractivity contribution is 6.30. The Bertz CT molecular complexity index is 1190. The van der Waals surface area contributed by atoms with Gasteiger partial charge in [0.15, 0.2) is 5.82 Å². The first-order valence-corrected chi connectivity index (χ1v) is 9.83. The van der Waals surface area contributed by atoms with Crippen molar-refractivity contribution in [2.24, 2.45) is 10.2 Å². The first kappa shape index (κ1) is 19.6. The maximum absolute atomic E-state index is 6.12. The lowest BCUT2D eigenvalue weighted by molar-refractivity contribution is 1.12. The van der Waals surface area contributed by atoms with E-state index in [-0.39, 0.29) is 5.82 Å². The second-order valence-electron chi connectivity index (χ2n) is 6.86. The predicted octanol–water partition coefficient (Wildman–Crippen LogP) is 6.57. The van der Waals surface area contributed by atoms with Crippen LogP contribution in [0.15, 0.2) is 95.2 Å². The highest BCUT2D eigenvalue weighted by Crippen LogP contribution is 2.32. The zero-order valence-corrected chi connectivity index (χ0v) is 16.9. The van der Waals surface area contributed by atoms with Gasteiger partial charge < -0.3 is 11.5 Å². The third-order valence-corrected chi connectivity index (χ3v) is 4.89. The van der Waals surface area contributed by atoms with Gasteiger partial charge in [0.2, 0.25) is 0 Å². The molecular weight excluding hydrogens is 394 g/mol. The Hall–Kier alpha value is -3.70. The Balaban J connectivity index is 1.67. The fourth-order valence-corrected chi connectivity index (χ4v) is 3.34. The molecule has 0 amide bonds. The first-order valence-electron chi connectivity index (χ1n) is 9.45. The summed E-state index contributed by atoms with van der Waals surface area (Å²) in [4.78, 5) is 4.15. The maximum atomic E-state index is 6.12. The molecular formula is C24H20ClN5. The lowest BCUT2D eigenvalue weighted by Crippen LogP contribution is -2.00. The molecule has 0 bridgehead atoms. The number of nitrogens with two attached hydrogens (primary N) is 2. The number of azo groups is 1. The number of halogens is 1. The molecule has 4 N–H and O–H groups in total. The molecule has 0 saturated heterocycles. The summed E-state index contributed by atoms with van der Waals surface area (Å²) in [6.45, 7) is 0. The minimum absolute atomic E-state index is 0.252. The number of nitrogen functional groups attached to an aromatic ring is 2. The Labute approximate surface area is 180 Å². The summed E-state index contributed by atoms with van der Waals surface area (Å²) in [6, 6.07) is 27.5. The van der Waals surface area contributed by atoms with Crippen LogP contribution >= 0.6 is 11.6 Å². The normalized spacial score (nSPS) is 11.1. The molecule has 4 rings (SSSR count). The lowest BCUT2D eigenvalue weighted by Gasteiger charge is -2.10. The van der Waals surface area contributed by atoms with Gasteiger partial charge in [0.25, 0.3) is 0 Å². The van der Waals surface area contributed by atoms with Crippen LogP contribution in [-0.2, 0) is 6.42 Å². The molecule has 148 valence electrons. The standard InChI is InChI=1S/C24H20ClN5/c25-20-9-11-21(12-10-20)29-30-23-19(15-22(26)28-24(23)27)14-16-5-4-8-18(13-16)17-6-2-1-3-7-17/h1-13,15H,14H2,(H4,26,27,28)/b30-29+. The van der Waals surface area contributed by atoms with E-state index in [4.69, 9.17) is 23.1 Å². The Kier molecular flexibility index (Phi) is 5.72. The van der Waals surface area contributed by atoms with Crippen molar-refractivity contribution in [3.05, 3.63) is 101 Å². The summed E-state index contributed by atoms with van der Waals surface area (Å²) >= 11 is 5.93. The smallest absolute Gasteiger partial charge is 0.154 e. The van der Waals surface area contributed by atoms with Crippen LogP contribution in [0.2, 0.25) is 5.02 Å². The largest absolute Gasteiger partial charge is 0.384 e. The number of aromatic nitrogens is 1. The van der Waals surface area contributed by atoms with Crippen molar-refractivity contribution in [3.63, 3.8) is 0 Å². The fraction of sp³-hybridized carbons (Fsp3) is 0.0417. The van der Waals surface area contributed by atoms with E-state index in [2.05, 4.69) is 45.5 Å². The summed E-state index contributed by atoms with van der Waals surface area (Å²) in [6.07, 6.45) is 0.604. The number of benzene rings is 3. The van der Waals surface area contributed by atoms with E-state index in [1.807, 2.05) is 24.3 Å². The van der Waals surface area contributed by atoms with E-state index in [0.717, 1.165) is 22.3 Å². The Morgan fingerprint density at radius 2 is 1.50 bits per heavy atom. The number of rotatable bonds is 5. The van der Waals surface area contributed by atoms with Gasteiger partial charge in [-0.3, -0.25) is 0 Å². The number of hydrogen-bond donors (Lipinski definition) is 2.